The number of amides is 1. The monoisotopic (exact) mass is 463 g/mol. The van der Waals surface area contributed by atoms with Gasteiger partial charge in [0, 0.05) is 16.9 Å². The summed E-state index contributed by atoms with van der Waals surface area (Å²) >= 11 is 5.69. The van der Waals surface area contributed by atoms with Crippen molar-refractivity contribution in [3.8, 4) is 11.5 Å². The van der Waals surface area contributed by atoms with E-state index in [2.05, 4.69) is 10.6 Å². The molecular weight excluding hydrogens is 441 g/mol. The van der Waals surface area contributed by atoms with Crippen molar-refractivity contribution in [2.75, 3.05) is 17.3 Å². The topological polar surface area (TPSA) is 62.8 Å². The van der Waals surface area contributed by atoms with Crippen molar-refractivity contribution in [2.24, 2.45) is 5.92 Å². The molecule has 2 heterocycles. The first kappa shape index (κ1) is 21.2. The lowest BCUT2D eigenvalue weighted by Crippen LogP contribution is -2.72. The molecule has 2 aliphatic heterocycles. The van der Waals surface area contributed by atoms with Crippen LogP contribution in [0.1, 0.15) is 18.5 Å². The van der Waals surface area contributed by atoms with Crippen LogP contribution in [0, 0.1) is 11.7 Å². The molecule has 5 rings (SSSR count). The molecule has 2 bridgehead atoms. The highest BCUT2D eigenvalue weighted by molar-refractivity contribution is 7.80. The van der Waals surface area contributed by atoms with E-state index in [1.54, 1.807) is 48.4 Å². The van der Waals surface area contributed by atoms with E-state index >= 15 is 0 Å². The molecule has 0 aromatic heterocycles. The molecule has 33 heavy (non-hydrogen) atoms. The van der Waals surface area contributed by atoms with Gasteiger partial charge in [0.1, 0.15) is 23.2 Å². The van der Waals surface area contributed by atoms with Crippen molar-refractivity contribution < 1.29 is 18.7 Å². The smallest absolute Gasteiger partial charge is 0.236 e. The first-order valence-corrected chi connectivity index (χ1v) is 10.9. The first-order chi connectivity index (χ1) is 15.9. The molecule has 2 aliphatic rings. The van der Waals surface area contributed by atoms with Gasteiger partial charge in [0.2, 0.25) is 5.91 Å². The Balaban J connectivity index is 1.58. The summed E-state index contributed by atoms with van der Waals surface area (Å²) in [6.45, 7) is 1.84. The van der Waals surface area contributed by atoms with Gasteiger partial charge in [-0.25, -0.2) is 4.39 Å². The van der Waals surface area contributed by atoms with Gasteiger partial charge in [0.05, 0.1) is 13.2 Å². The molecule has 0 spiro atoms. The fourth-order valence-corrected chi connectivity index (χ4v) is 5.02. The summed E-state index contributed by atoms with van der Waals surface area (Å²) in [6.07, 6.45) is 0. The zero-order valence-electron chi connectivity index (χ0n) is 18.0. The summed E-state index contributed by atoms with van der Waals surface area (Å²) in [5.74, 6) is 0.0961. The standard InChI is InChI=1S/C25H22FN3O3S/c1-25-21(23(30)27-16-9-13-18(31-2)14-10-16)22(19-5-3-4-6-20(19)32-25)28-24(33)29(25)17-11-7-15(26)8-12-17/h3-14,21-22H,1-2H3,(H,27,30)(H,28,33)/t21-,22-,25-/m1/s1. The SMILES string of the molecule is COc1ccc(NC(=O)[C@H]2[C@@H]3NC(=S)N(c4ccc(F)cc4)[C@]2(C)Oc2ccccc23)cc1. The molecule has 6 nitrogen and oxygen atoms in total. The highest BCUT2D eigenvalue weighted by Gasteiger charge is 2.59. The summed E-state index contributed by atoms with van der Waals surface area (Å²) < 4.78 is 25.3. The minimum Gasteiger partial charge on any atom is -0.497 e. The Bertz CT molecular complexity index is 1220. The summed E-state index contributed by atoms with van der Waals surface area (Å²) in [5, 5.41) is 6.73. The second-order valence-electron chi connectivity index (χ2n) is 8.13. The van der Waals surface area contributed by atoms with E-state index in [0.29, 0.717) is 28.0 Å². The van der Waals surface area contributed by atoms with E-state index in [0.717, 1.165) is 5.56 Å². The quantitative estimate of drug-likeness (QED) is 0.550. The zero-order valence-corrected chi connectivity index (χ0v) is 18.9. The van der Waals surface area contributed by atoms with E-state index in [9.17, 15) is 9.18 Å². The van der Waals surface area contributed by atoms with E-state index in [1.807, 2.05) is 31.2 Å². The van der Waals surface area contributed by atoms with E-state index in [1.165, 1.54) is 12.1 Å². The molecule has 0 unspecified atom stereocenters. The van der Waals surface area contributed by atoms with Gasteiger partial charge in [0.25, 0.3) is 0 Å². The Morgan fingerprint density at radius 3 is 2.52 bits per heavy atom. The number of hydrogen-bond acceptors (Lipinski definition) is 4. The zero-order chi connectivity index (χ0) is 23.2. The van der Waals surface area contributed by atoms with Gasteiger partial charge in [0.15, 0.2) is 10.8 Å². The van der Waals surface area contributed by atoms with Gasteiger partial charge in [-0.15, -0.1) is 0 Å². The number of carbonyl (C=O) groups is 1. The van der Waals surface area contributed by atoms with Crippen LogP contribution in [-0.2, 0) is 4.79 Å². The van der Waals surface area contributed by atoms with Crippen molar-refractivity contribution in [1.29, 1.82) is 0 Å². The third-order valence-corrected chi connectivity index (χ3v) is 6.43. The number of nitrogens with one attached hydrogen (secondary N) is 2. The molecule has 0 radical (unpaired) electrons. The van der Waals surface area contributed by atoms with Crippen LogP contribution in [0.4, 0.5) is 15.8 Å². The highest BCUT2D eigenvalue weighted by atomic mass is 32.1. The number of rotatable bonds is 4. The number of carbonyl (C=O) groups excluding carboxylic acids is 1. The van der Waals surface area contributed by atoms with Gasteiger partial charge >= 0.3 is 0 Å². The lowest BCUT2D eigenvalue weighted by atomic mass is 9.78. The third-order valence-electron chi connectivity index (χ3n) is 6.13. The van der Waals surface area contributed by atoms with Crippen molar-refractivity contribution >= 4 is 34.6 Å². The number of ether oxygens (including phenoxy) is 2. The second-order valence-corrected chi connectivity index (χ2v) is 8.52. The summed E-state index contributed by atoms with van der Waals surface area (Å²) in [5.41, 5.74) is 0.954. The van der Waals surface area contributed by atoms with E-state index in [4.69, 9.17) is 21.7 Å². The number of para-hydroxylation sites is 1. The largest absolute Gasteiger partial charge is 0.497 e. The number of anilines is 2. The number of halogens is 1. The van der Waals surface area contributed by atoms with Crippen LogP contribution in [0.5, 0.6) is 11.5 Å². The minimum atomic E-state index is -1.16. The van der Waals surface area contributed by atoms with Gasteiger partial charge in [-0.3, -0.25) is 9.69 Å². The fourth-order valence-electron chi connectivity index (χ4n) is 4.60. The average Bonchev–Trinajstić information content (AvgIpc) is 2.80. The van der Waals surface area contributed by atoms with Crippen molar-refractivity contribution in [3.05, 3.63) is 84.2 Å². The number of benzene rings is 3. The Labute approximate surface area is 196 Å². The maximum absolute atomic E-state index is 13.7. The Morgan fingerprint density at radius 2 is 1.82 bits per heavy atom. The second kappa shape index (κ2) is 8.04. The minimum absolute atomic E-state index is 0.232. The molecule has 3 atom stereocenters. The van der Waals surface area contributed by atoms with Crippen LogP contribution in [0.3, 0.4) is 0 Å². The molecule has 8 heteroatoms. The number of methoxy groups -OCH3 is 1. The molecule has 0 aliphatic carbocycles. The first-order valence-electron chi connectivity index (χ1n) is 10.5. The van der Waals surface area contributed by atoms with Crippen LogP contribution < -0.4 is 25.0 Å². The Kier molecular flexibility index (Phi) is 5.17. The predicted molar refractivity (Wildman–Crippen MR) is 128 cm³/mol. The van der Waals surface area contributed by atoms with E-state index < -0.39 is 17.7 Å². The predicted octanol–water partition coefficient (Wildman–Crippen LogP) is 4.63. The van der Waals surface area contributed by atoms with Crippen LogP contribution in [0.25, 0.3) is 0 Å². The number of hydrogen-bond donors (Lipinski definition) is 2. The van der Waals surface area contributed by atoms with Crippen LogP contribution in [0.15, 0.2) is 72.8 Å². The Hall–Kier alpha value is -3.65. The fraction of sp³-hybridized carbons (Fsp3) is 0.200. The maximum Gasteiger partial charge on any atom is 0.236 e. The normalized spacial score (nSPS) is 23.1. The third kappa shape index (κ3) is 3.56. The molecular formula is C25H22FN3O3S. The van der Waals surface area contributed by atoms with Crippen LogP contribution in [-0.4, -0.2) is 23.9 Å². The van der Waals surface area contributed by atoms with Crippen LogP contribution >= 0.6 is 12.2 Å². The number of nitrogens with zero attached hydrogens (tertiary/aromatic N) is 1. The molecule has 1 saturated heterocycles. The van der Waals surface area contributed by atoms with Crippen molar-refractivity contribution in [1.82, 2.24) is 5.32 Å². The summed E-state index contributed by atoms with van der Waals surface area (Å²) in [6, 6.07) is 20.3. The van der Waals surface area contributed by atoms with Gasteiger partial charge in [-0.1, -0.05) is 18.2 Å². The molecule has 3 aromatic carbocycles. The lowest BCUT2D eigenvalue weighted by Gasteiger charge is -2.56. The van der Waals surface area contributed by atoms with Crippen molar-refractivity contribution in [2.45, 2.75) is 18.7 Å². The molecule has 1 fully saturated rings. The van der Waals surface area contributed by atoms with E-state index in [-0.39, 0.29) is 11.7 Å². The van der Waals surface area contributed by atoms with Gasteiger partial charge in [-0.2, -0.15) is 0 Å². The van der Waals surface area contributed by atoms with Gasteiger partial charge < -0.3 is 20.1 Å². The molecule has 1 amide bonds. The van der Waals surface area contributed by atoms with Gasteiger partial charge in [-0.05, 0) is 73.7 Å². The summed E-state index contributed by atoms with van der Waals surface area (Å²) in [4.78, 5) is 15.4. The maximum atomic E-state index is 13.7. The van der Waals surface area contributed by atoms with Crippen molar-refractivity contribution in [3.63, 3.8) is 0 Å². The molecule has 0 saturated carbocycles. The Morgan fingerprint density at radius 1 is 1.12 bits per heavy atom. The lowest BCUT2D eigenvalue weighted by molar-refractivity contribution is -0.130. The molecule has 168 valence electrons. The average molecular weight is 464 g/mol. The summed E-state index contributed by atoms with van der Waals surface area (Å²) in [7, 11) is 1.59. The van der Waals surface area contributed by atoms with Crippen LogP contribution in [0.2, 0.25) is 0 Å². The number of thiocarbonyl (C=S) groups is 1. The highest BCUT2D eigenvalue weighted by Crippen LogP contribution is 2.49. The molecule has 2 N–H and O–H groups in total. The molecule has 3 aromatic rings. The number of fused-ring (bicyclic) bond motifs is 4.